The Bertz CT molecular complexity index is 719. The molecule has 2 rings (SSSR count). The highest BCUT2D eigenvalue weighted by molar-refractivity contribution is 7.92. The van der Waals surface area contributed by atoms with Gasteiger partial charge in [0.2, 0.25) is 0 Å². The zero-order chi connectivity index (χ0) is 13.9. The molecule has 96 valence electrons. The molecule has 0 aliphatic rings. The quantitative estimate of drug-likeness (QED) is 0.942. The summed E-state index contributed by atoms with van der Waals surface area (Å²) in [6.07, 6.45) is 1.14. The molecule has 1 heterocycles. The van der Waals surface area contributed by atoms with Crippen molar-refractivity contribution in [1.29, 1.82) is 5.26 Å². The average Bonchev–Trinajstić information content (AvgIpc) is 2.41. The van der Waals surface area contributed by atoms with Gasteiger partial charge in [-0.3, -0.25) is 4.72 Å². The van der Waals surface area contributed by atoms with E-state index in [0.717, 1.165) is 6.20 Å². The topological polar surface area (TPSA) is 82.8 Å². The number of halogens is 1. The molecule has 0 radical (unpaired) electrons. The highest BCUT2D eigenvalue weighted by atomic mass is 35.5. The van der Waals surface area contributed by atoms with E-state index in [9.17, 15) is 8.42 Å². The lowest BCUT2D eigenvalue weighted by Gasteiger charge is -2.07. The minimum Gasteiger partial charge on any atom is -0.280 e. The maximum absolute atomic E-state index is 12.0. The predicted octanol–water partition coefficient (Wildman–Crippen LogP) is 2.41. The lowest BCUT2D eigenvalue weighted by atomic mass is 10.3. The van der Waals surface area contributed by atoms with Gasteiger partial charge in [-0.2, -0.15) is 5.26 Å². The molecule has 0 fully saturated rings. The number of hydrogen-bond acceptors (Lipinski definition) is 4. The molecule has 0 amide bonds. The van der Waals surface area contributed by atoms with Crippen molar-refractivity contribution in [3.8, 4) is 6.07 Å². The standard InChI is InChI=1S/C12H8ClN3O2S/c13-9-1-3-10(4-2-9)16-19(17,18)12-6-5-11(7-14)15-8-12/h1-6,8,16H. The molecule has 1 aromatic carbocycles. The Morgan fingerprint density at radius 2 is 1.84 bits per heavy atom. The lowest BCUT2D eigenvalue weighted by Crippen LogP contribution is -2.13. The van der Waals surface area contributed by atoms with E-state index in [-0.39, 0.29) is 10.6 Å². The lowest BCUT2D eigenvalue weighted by molar-refractivity contribution is 0.601. The van der Waals surface area contributed by atoms with Crippen LogP contribution in [0.4, 0.5) is 5.69 Å². The number of rotatable bonds is 3. The molecule has 2 aromatic rings. The van der Waals surface area contributed by atoms with Crippen LogP contribution in [0.3, 0.4) is 0 Å². The zero-order valence-corrected chi connectivity index (χ0v) is 11.1. The van der Waals surface area contributed by atoms with Crippen molar-refractivity contribution in [2.24, 2.45) is 0 Å². The van der Waals surface area contributed by atoms with Gasteiger partial charge >= 0.3 is 0 Å². The van der Waals surface area contributed by atoms with Crippen LogP contribution in [0.2, 0.25) is 5.02 Å². The summed E-state index contributed by atoms with van der Waals surface area (Å²) in [7, 11) is -3.72. The van der Waals surface area contributed by atoms with Gasteiger partial charge in [-0.1, -0.05) is 11.6 Å². The van der Waals surface area contributed by atoms with E-state index < -0.39 is 10.0 Å². The molecule has 0 aliphatic carbocycles. The number of sulfonamides is 1. The van der Waals surface area contributed by atoms with Gasteiger partial charge in [0.05, 0.1) is 0 Å². The molecule has 19 heavy (non-hydrogen) atoms. The summed E-state index contributed by atoms with van der Waals surface area (Å²) < 4.78 is 26.4. The molecular weight excluding hydrogens is 286 g/mol. The normalized spacial score (nSPS) is 10.7. The van der Waals surface area contributed by atoms with Gasteiger partial charge in [-0.25, -0.2) is 13.4 Å². The molecule has 0 saturated carbocycles. The first kappa shape index (κ1) is 13.3. The molecule has 7 heteroatoms. The predicted molar refractivity (Wildman–Crippen MR) is 71.2 cm³/mol. The summed E-state index contributed by atoms with van der Waals surface area (Å²) >= 11 is 5.72. The van der Waals surface area contributed by atoms with Crippen LogP contribution in [0.1, 0.15) is 5.69 Å². The molecular formula is C12H8ClN3O2S. The van der Waals surface area contributed by atoms with Gasteiger partial charge in [0.1, 0.15) is 16.7 Å². The summed E-state index contributed by atoms with van der Waals surface area (Å²) in [6, 6.07) is 10.8. The number of hydrogen-bond donors (Lipinski definition) is 1. The van der Waals surface area contributed by atoms with Gasteiger partial charge in [0, 0.05) is 16.9 Å². The fraction of sp³-hybridized carbons (Fsp3) is 0. The van der Waals surface area contributed by atoms with Crippen LogP contribution in [0.15, 0.2) is 47.5 Å². The molecule has 0 spiro atoms. The van der Waals surface area contributed by atoms with Crippen LogP contribution in [0.25, 0.3) is 0 Å². The average molecular weight is 294 g/mol. The monoisotopic (exact) mass is 293 g/mol. The van der Waals surface area contributed by atoms with E-state index in [1.54, 1.807) is 24.3 Å². The SMILES string of the molecule is N#Cc1ccc(S(=O)(=O)Nc2ccc(Cl)cc2)cn1. The van der Waals surface area contributed by atoms with E-state index in [0.29, 0.717) is 10.7 Å². The minimum atomic E-state index is -3.72. The van der Waals surface area contributed by atoms with Crippen molar-refractivity contribution in [1.82, 2.24) is 4.98 Å². The number of benzene rings is 1. The first-order valence-corrected chi connectivity index (χ1v) is 7.02. The van der Waals surface area contributed by atoms with Crippen LogP contribution in [-0.2, 0) is 10.0 Å². The Labute approximate surface area is 115 Å². The molecule has 1 aromatic heterocycles. The van der Waals surface area contributed by atoms with E-state index in [2.05, 4.69) is 9.71 Å². The summed E-state index contributed by atoms with van der Waals surface area (Å²) in [4.78, 5) is 3.71. The number of anilines is 1. The Morgan fingerprint density at radius 1 is 1.16 bits per heavy atom. The van der Waals surface area contributed by atoms with Crippen molar-refractivity contribution in [3.05, 3.63) is 53.3 Å². The van der Waals surface area contributed by atoms with Gasteiger partial charge in [-0.05, 0) is 36.4 Å². The summed E-state index contributed by atoms with van der Waals surface area (Å²) in [5.74, 6) is 0. The highest BCUT2D eigenvalue weighted by Gasteiger charge is 2.14. The fourth-order valence-electron chi connectivity index (χ4n) is 1.34. The first-order valence-electron chi connectivity index (χ1n) is 5.16. The number of nitrogens with one attached hydrogen (secondary N) is 1. The highest BCUT2D eigenvalue weighted by Crippen LogP contribution is 2.17. The largest absolute Gasteiger partial charge is 0.280 e. The summed E-state index contributed by atoms with van der Waals surface area (Å²) in [5.41, 5.74) is 0.555. The van der Waals surface area contributed by atoms with Crippen LogP contribution >= 0.6 is 11.6 Å². The van der Waals surface area contributed by atoms with Crippen molar-refractivity contribution >= 4 is 27.3 Å². The third kappa shape index (κ3) is 3.22. The Kier molecular flexibility index (Phi) is 3.69. The molecule has 0 atom stereocenters. The van der Waals surface area contributed by atoms with E-state index >= 15 is 0 Å². The van der Waals surface area contributed by atoms with E-state index in [1.165, 1.54) is 12.1 Å². The van der Waals surface area contributed by atoms with Crippen LogP contribution in [-0.4, -0.2) is 13.4 Å². The second kappa shape index (κ2) is 5.26. The maximum atomic E-state index is 12.0. The molecule has 0 unspecified atom stereocenters. The molecule has 5 nitrogen and oxygen atoms in total. The minimum absolute atomic E-state index is 0.0125. The third-order valence-electron chi connectivity index (χ3n) is 2.26. The van der Waals surface area contributed by atoms with E-state index in [4.69, 9.17) is 16.9 Å². The van der Waals surface area contributed by atoms with Gasteiger partial charge in [0.25, 0.3) is 10.0 Å². The van der Waals surface area contributed by atoms with Crippen LogP contribution in [0, 0.1) is 11.3 Å². The van der Waals surface area contributed by atoms with Gasteiger partial charge in [-0.15, -0.1) is 0 Å². The molecule has 0 bridgehead atoms. The molecule has 0 aliphatic heterocycles. The Balaban J connectivity index is 2.27. The van der Waals surface area contributed by atoms with Crippen LogP contribution in [0.5, 0.6) is 0 Å². The zero-order valence-electron chi connectivity index (χ0n) is 9.54. The Morgan fingerprint density at radius 3 is 2.37 bits per heavy atom. The fourth-order valence-corrected chi connectivity index (χ4v) is 2.47. The van der Waals surface area contributed by atoms with Crippen molar-refractivity contribution < 1.29 is 8.42 Å². The Hall–Kier alpha value is -2.10. The maximum Gasteiger partial charge on any atom is 0.263 e. The second-order valence-electron chi connectivity index (χ2n) is 3.60. The smallest absolute Gasteiger partial charge is 0.263 e. The number of pyridine rings is 1. The van der Waals surface area contributed by atoms with Crippen LogP contribution < -0.4 is 4.72 Å². The molecule has 1 N–H and O–H groups in total. The third-order valence-corrected chi connectivity index (χ3v) is 3.88. The number of nitrogens with zero attached hydrogens (tertiary/aromatic N) is 2. The number of nitriles is 1. The summed E-state index contributed by atoms with van der Waals surface area (Å²) in [5, 5.41) is 9.12. The number of aromatic nitrogens is 1. The van der Waals surface area contributed by atoms with Crippen molar-refractivity contribution in [2.45, 2.75) is 4.90 Å². The van der Waals surface area contributed by atoms with Gasteiger partial charge < -0.3 is 0 Å². The first-order chi connectivity index (χ1) is 9.01. The second-order valence-corrected chi connectivity index (χ2v) is 5.72. The van der Waals surface area contributed by atoms with E-state index in [1.807, 2.05) is 6.07 Å². The van der Waals surface area contributed by atoms with Gasteiger partial charge in [0.15, 0.2) is 0 Å². The van der Waals surface area contributed by atoms with Crippen molar-refractivity contribution in [2.75, 3.05) is 4.72 Å². The molecule has 0 saturated heterocycles. The van der Waals surface area contributed by atoms with Crippen molar-refractivity contribution in [3.63, 3.8) is 0 Å². The summed E-state index contributed by atoms with van der Waals surface area (Å²) in [6.45, 7) is 0.